The van der Waals surface area contributed by atoms with Gasteiger partial charge in [0.2, 0.25) is 0 Å². The van der Waals surface area contributed by atoms with Crippen LogP contribution < -0.4 is 18.9 Å². The number of hydrogen-bond acceptors (Lipinski definition) is 9. The average Bonchev–Trinajstić information content (AvgIpc) is 2.88. The first-order valence-corrected chi connectivity index (χ1v) is 12.2. The molecule has 40 heavy (non-hydrogen) atoms. The topological polar surface area (TPSA) is 149 Å². The summed E-state index contributed by atoms with van der Waals surface area (Å²) in [6.45, 7) is 11.1. The lowest BCUT2D eigenvalue weighted by atomic mass is 9.96. The Morgan fingerprint density at radius 3 is 1.68 bits per heavy atom. The van der Waals surface area contributed by atoms with Crippen LogP contribution in [0.5, 0.6) is 34.5 Å². The van der Waals surface area contributed by atoms with Crippen LogP contribution in [0.15, 0.2) is 12.1 Å². The second-order valence-corrected chi connectivity index (χ2v) is 9.48. The number of rotatable bonds is 7. The van der Waals surface area contributed by atoms with E-state index in [1.807, 2.05) is 0 Å². The molecule has 0 saturated heterocycles. The Labute approximate surface area is 231 Å². The monoisotopic (exact) mass is 552 g/mol. The molecular weight excluding hydrogens is 520 g/mol. The minimum atomic E-state index is -1.17. The Kier molecular flexibility index (Phi) is 8.33. The summed E-state index contributed by atoms with van der Waals surface area (Å²) in [6.07, 6.45) is 0. The number of carboxylic acids is 1. The smallest absolute Gasteiger partial charge is 0.347 e. The summed E-state index contributed by atoms with van der Waals surface area (Å²) in [5, 5.41) is 30.0. The third-order valence-electron chi connectivity index (χ3n) is 7.02. The maximum Gasteiger partial charge on any atom is 0.347 e. The molecular formula is C30H32O10. The minimum Gasteiger partial charge on any atom is -0.508 e. The number of carbonyl (C=O) groups is 3. The molecule has 0 aliphatic heterocycles. The van der Waals surface area contributed by atoms with Crippen LogP contribution in [0.25, 0.3) is 0 Å². The van der Waals surface area contributed by atoms with Crippen molar-refractivity contribution in [2.75, 3.05) is 14.2 Å². The number of carbonyl (C=O) groups excluding carboxylic acids is 2. The largest absolute Gasteiger partial charge is 0.508 e. The van der Waals surface area contributed by atoms with Crippen molar-refractivity contribution in [3.63, 3.8) is 0 Å². The second kappa shape index (κ2) is 11.2. The van der Waals surface area contributed by atoms with Crippen LogP contribution in [0.1, 0.15) is 70.0 Å². The summed E-state index contributed by atoms with van der Waals surface area (Å²) in [4.78, 5) is 38.4. The van der Waals surface area contributed by atoms with Gasteiger partial charge in [0.05, 0.1) is 14.2 Å². The molecule has 0 amide bonds. The number of carboxylic acid groups (broad SMARTS) is 1. The zero-order valence-electron chi connectivity index (χ0n) is 23.9. The van der Waals surface area contributed by atoms with Crippen molar-refractivity contribution in [3.8, 4) is 34.5 Å². The molecule has 0 aliphatic rings. The lowest BCUT2D eigenvalue weighted by Crippen LogP contribution is -2.18. The van der Waals surface area contributed by atoms with Gasteiger partial charge >= 0.3 is 17.9 Å². The Bertz CT molecular complexity index is 1570. The lowest BCUT2D eigenvalue weighted by Gasteiger charge is -2.21. The fourth-order valence-electron chi connectivity index (χ4n) is 4.67. The summed E-state index contributed by atoms with van der Waals surface area (Å²) in [5.74, 6) is -2.89. The van der Waals surface area contributed by atoms with Crippen LogP contribution in [-0.2, 0) is 0 Å². The second-order valence-electron chi connectivity index (χ2n) is 9.48. The molecule has 3 aromatic rings. The van der Waals surface area contributed by atoms with Crippen LogP contribution in [0.3, 0.4) is 0 Å². The zero-order chi connectivity index (χ0) is 30.2. The third-order valence-corrected chi connectivity index (χ3v) is 7.02. The standard InChI is InChI=1S/C30H32O10/c1-12-10-19(31)16(5)24(32)21(12)29(35)40-25-15(4)14(3)23(27(38-9)18(25)7)30(36)39-20-11-13(2)22(28(33)34)26(37-8)17(20)6/h10-11,31-32H,1-9H3,(H,33,34). The molecule has 3 rings (SSSR count). The van der Waals surface area contributed by atoms with Gasteiger partial charge in [-0.3, -0.25) is 0 Å². The first-order chi connectivity index (χ1) is 18.7. The number of aromatic carboxylic acids is 1. The van der Waals surface area contributed by atoms with Crippen molar-refractivity contribution < 1.29 is 48.7 Å². The van der Waals surface area contributed by atoms with Gasteiger partial charge in [-0.05, 0) is 82.9 Å². The molecule has 0 aromatic heterocycles. The van der Waals surface area contributed by atoms with E-state index in [4.69, 9.17) is 18.9 Å². The number of benzene rings is 3. The van der Waals surface area contributed by atoms with Crippen LogP contribution in [0, 0.1) is 48.5 Å². The van der Waals surface area contributed by atoms with Crippen LogP contribution in [0.4, 0.5) is 0 Å². The summed E-state index contributed by atoms with van der Waals surface area (Å²) in [7, 11) is 2.69. The lowest BCUT2D eigenvalue weighted by molar-refractivity contribution is 0.0689. The molecule has 0 unspecified atom stereocenters. The normalized spacial score (nSPS) is 10.7. The number of phenolic OH excluding ortho intramolecular Hbond substituents is 2. The highest BCUT2D eigenvalue weighted by molar-refractivity contribution is 6.00. The van der Waals surface area contributed by atoms with Crippen molar-refractivity contribution in [2.24, 2.45) is 0 Å². The van der Waals surface area contributed by atoms with Gasteiger partial charge in [-0.15, -0.1) is 0 Å². The van der Waals surface area contributed by atoms with Gasteiger partial charge in [0.25, 0.3) is 0 Å². The number of phenols is 2. The summed E-state index contributed by atoms with van der Waals surface area (Å²) < 4.78 is 22.3. The molecule has 0 atom stereocenters. The van der Waals surface area contributed by atoms with Gasteiger partial charge in [-0.2, -0.15) is 0 Å². The van der Waals surface area contributed by atoms with Crippen LogP contribution in [-0.4, -0.2) is 47.4 Å². The highest BCUT2D eigenvalue weighted by Crippen LogP contribution is 2.41. The summed E-state index contributed by atoms with van der Waals surface area (Å²) in [5.41, 5.74) is 2.30. The fourth-order valence-corrected chi connectivity index (χ4v) is 4.67. The van der Waals surface area contributed by atoms with E-state index in [1.54, 1.807) is 41.5 Å². The van der Waals surface area contributed by atoms with E-state index in [0.717, 1.165) is 0 Å². The first-order valence-electron chi connectivity index (χ1n) is 12.2. The molecule has 0 heterocycles. The van der Waals surface area contributed by atoms with Gasteiger partial charge in [0.15, 0.2) is 0 Å². The van der Waals surface area contributed by atoms with Gasteiger partial charge in [-0.1, -0.05) is 0 Å². The van der Waals surface area contributed by atoms with Gasteiger partial charge in [0, 0.05) is 16.7 Å². The van der Waals surface area contributed by atoms with Gasteiger partial charge in [-0.25, -0.2) is 14.4 Å². The Morgan fingerprint density at radius 1 is 0.600 bits per heavy atom. The third kappa shape index (κ3) is 5.00. The molecule has 10 nitrogen and oxygen atoms in total. The van der Waals surface area contributed by atoms with E-state index in [-0.39, 0.29) is 51.0 Å². The molecule has 3 aromatic carbocycles. The van der Waals surface area contributed by atoms with Crippen molar-refractivity contribution in [1.29, 1.82) is 0 Å². The van der Waals surface area contributed by atoms with E-state index in [1.165, 1.54) is 33.3 Å². The number of methoxy groups -OCH3 is 2. The fraction of sp³-hybridized carbons (Fsp3) is 0.300. The first kappa shape index (κ1) is 29.8. The quantitative estimate of drug-likeness (QED) is 0.256. The molecule has 0 aliphatic carbocycles. The Balaban J connectivity index is 2.09. The SMILES string of the molecule is COc1c(C)c(OC(=O)c2c(C)c(C)c(OC(=O)c3c(C)cc(O)c(C)c3O)c(C)c2OC)cc(C)c1C(=O)O. The number of esters is 2. The predicted molar refractivity (Wildman–Crippen MR) is 146 cm³/mol. The predicted octanol–water partition coefficient (Wildman–Crippen LogP) is 5.41. The number of ether oxygens (including phenoxy) is 4. The van der Waals surface area contributed by atoms with E-state index in [2.05, 4.69) is 0 Å². The highest BCUT2D eigenvalue weighted by atomic mass is 16.5. The van der Waals surface area contributed by atoms with Crippen LogP contribution in [0.2, 0.25) is 0 Å². The summed E-state index contributed by atoms with van der Waals surface area (Å²) >= 11 is 0. The molecule has 3 N–H and O–H groups in total. The van der Waals surface area contributed by atoms with E-state index in [0.29, 0.717) is 33.4 Å². The minimum absolute atomic E-state index is 0.0310. The van der Waals surface area contributed by atoms with E-state index < -0.39 is 23.7 Å². The van der Waals surface area contributed by atoms with Gasteiger partial charge < -0.3 is 34.3 Å². The maximum absolute atomic E-state index is 13.5. The highest BCUT2D eigenvalue weighted by Gasteiger charge is 2.29. The average molecular weight is 553 g/mol. The molecule has 0 fully saturated rings. The van der Waals surface area contributed by atoms with Crippen LogP contribution >= 0.6 is 0 Å². The Morgan fingerprint density at radius 2 is 1.12 bits per heavy atom. The van der Waals surface area contributed by atoms with Crippen molar-refractivity contribution in [2.45, 2.75) is 48.5 Å². The number of aromatic hydroxyl groups is 2. The number of hydrogen-bond donors (Lipinski definition) is 3. The van der Waals surface area contributed by atoms with Crippen molar-refractivity contribution in [1.82, 2.24) is 0 Å². The molecule has 10 heteroatoms. The number of aryl methyl sites for hydroxylation is 2. The molecule has 0 spiro atoms. The van der Waals surface area contributed by atoms with Crippen molar-refractivity contribution >= 4 is 17.9 Å². The molecule has 212 valence electrons. The zero-order valence-corrected chi connectivity index (χ0v) is 23.9. The van der Waals surface area contributed by atoms with Crippen molar-refractivity contribution in [3.05, 3.63) is 67.8 Å². The maximum atomic E-state index is 13.5. The Hall–Kier alpha value is -4.73. The molecule has 0 bridgehead atoms. The van der Waals surface area contributed by atoms with Gasteiger partial charge in [0.1, 0.15) is 51.2 Å². The van der Waals surface area contributed by atoms with E-state index >= 15 is 0 Å². The molecule has 0 radical (unpaired) electrons. The summed E-state index contributed by atoms with van der Waals surface area (Å²) in [6, 6.07) is 2.81. The molecule has 0 saturated carbocycles. The van der Waals surface area contributed by atoms with E-state index in [9.17, 15) is 29.7 Å².